The second kappa shape index (κ2) is 5.31. The molecule has 2 aromatic heterocycles. The van der Waals surface area contributed by atoms with Crippen molar-refractivity contribution in [3.63, 3.8) is 0 Å². The second-order valence-corrected chi connectivity index (χ2v) is 4.72. The fourth-order valence-corrected chi connectivity index (χ4v) is 1.90. The number of hydrogen-bond acceptors (Lipinski definition) is 3. The number of rotatable bonds is 4. The lowest BCUT2D eigenvalue weighted by atomic mass is 10.3. The van der Waals surface area contributed by atoms with Crippen molar-refractivity contribution in [1.82, 2.24) is 14.5 Å². The Bertz CT molecular complexity index is 496. The van der Waals surface area contributed by atoms with Crippen molar-refractivity contribution in [2.24, 2.45) is 0 Å². The van der Waals surface area contributed by atoms with Crippen molar-refractivity contribution in [3.05, 3.63) is 41.2 Å². The quantitative estimate of drug-likeness (QED) is 0.813. The van der Waals surface area contributed by atoms with Crippen LogP contribution in [-0.2, 0) is 6.61 Å². The van der Waals surface area contributed by atoms with E-state index < -0.39 is 0 Å². The molecule has 0 radical (unpaired) electrons. The average molecular weight is 296 g/mol. The van der Waals surface area contributed by atoms with Gasteiger partial charge in [-0.15, -0.1) is 0 Å². The van der Waals surface area contributed by atoms with Gasteiger partial charge in [-0.1, -0.05) is 0 Å². The maximum atomic E-state index is 5.70. The van der Waals surface area contributed by atoms with Gasteiger partial charge < -0.3 is 9.30 Å². The monoisotopic (exact) mass is 295 g/mol. The molecule has 90 valence electrons. The van der Waals surface area contributed by atoms with Crippen molar-refractivity contribution in [2.45, 2.75) is 26.5 Å². The largest absolute Gasteiger partial charge is 0.484 e. The SMILES string of the molecule is CC(C)n1cncc1COc1cccnc1Br. The number of halogens is 1. The summed E-state index contributed by atoms with van der Waals surface area (Å²) in [7, 11) is 0. The molecule has 0 bridgehead atoms. The predicted molar refractivity (Wildman–Crippen MR) is 68.9 cm³/mol. The summed E-state index contributed by atoms with van der Waals surface area (Å²) in [5.41, 5.74) is 1.05. The van der Waals surface area contributed by atoms with Crippen molar-refractivity contribution < 1.29 is 4.74 Å². The molecular weight excluding hydrogens is 282 g/mol. The van der Waals surface area contributed by atoms with Crippen molar-refractivity contribution in [1.29, 1.82) is 0 Å². The molecule has 2 heterocycles. The summed E-state index contributed by atoms with van der Waals surface area (Å²) in [6.07, 6.45) is 5.36. The lowest BCUT2D eigenvalue weighted by Crippen LogP contribution is -2.07. The maximum absolute atomic E-state index is 5.70. The average Bonchev–Trinajstić information content (AvgIpc) is 2.76. The fourth-order valence-electron chi connectivity index (χ4n) is 1.54. The standard InChI is InChI=1S/C12H14BrN3O/c1-9(2)16-8-14-6-10(16)7-17-11-4-3-5-15-12(11)13/h3-6,8-9H,7H2,1-2H3. The highest BCUT2D eigenvalue weighted by molar-refractivity contribution is 9.10. The van der Waals surface area contributed by atoms with Crippen LogP contribution in [0.3, 0.4) is 0 Å². The van der Waals surface area contributed by atoms with Crippen LogP contribution in [0.15, 0.2) is 35.5 Å². The van der Waals surface area contributed by atoms with Gasteiger partial charge in [-0.05, 0) is 41.9 Å². The summed E-state index contributed by atoms with van der Waals surface area (Å²) in [4.78, 5) is 8.24. The Balaban J connectivity index is 2.08. The molecule has 0 saturated heterocycles. The summed E-state index contributed by atoms with van der Waals surface area (Å²) < 4.78 is 8.51. The number of imidazole rings is 1. The molecule has 0 aromatic carbocycles. The number of nitrogens with zero attached hydrogens (tertiary/aromatic N) is 3. The molecule has 0 amide bonds. The topological polar surface area (TPSA) is 39.9 Å². The molecule has 0 atom stereocenters. The first-order valence-electron chi connectivity index (χ1n) is 5.42. The highest BCUT2D eigenvalue weighted by Crippen LogP contribution is 2.22. The second-order valence-electron chi connectivity index (χ2n) is 3.97. The lowest BCUT2D eigenvalue weighted by Gasteiger charge is -2.12. The number of ether oxygens (including phenoxy) is 1. The van der Waals surface area contributed by atoms with E-state index in [2.05, 4.69) is 44.3 Å². The molecule has 0 aliphatic carbocycles. The smallest absolute Gasteiger partial charge is 0.152 e. The summed E-state index contributed by atoms with van der Waals surface area (Å²) in [5.74, 6) is 0.740. The van der Waals surface area contributed by atoms with Crippen LogP contribution >= 0.6 is 15.9 Å². The van der Waals surface area contributed by atoms with Crippen LogP contribution in [0, 0.1) is 0 Å². The van der Waals surface area contributed by atoms with E-state index in [1.54, 1.807) is 6.20 Å². The van der Waals surface area contributed by atoms with E-state index in [1.807, 2.05) is 24.7 Å². The van der Waals surface area contributed by atoms with Crippen LogP contribution in [0.4, 0.5) is 0 Å². The number of hydrogen-bond donors (Lipinski definition) is 0. The summed E-state index contributed by atoms with van der Waals surface area (Å²) >= 11 is 3.35. The zero-order chi connectivity index (χ0) is 12.3. The van der Waals surface area contributed by atoms with E-state index in [4.69, 9.17) is 4.74 Å². The third-order valence-corrected chi connectivity index (χ3v) is 3.00. The molecule has 0 fully saturated rings. The maximum Gasteiger partial charge on any atom is 0.152 e. The van der Waals surface area contributed by atoms with Gasteiger partial charge in [-0.25, -0.2) is 9.97 Å². The van der Waals surface area contributed by atoms with E-state index in [1.165, 1.54) is 0 Å². The first-order valence-corrected chi connectivity index (χ1v) is 6.22. The minimum atomic E-state index is 0.383. The van der Waals surface area contributed by atoms with Gasteiger partial charge in [0.05, 0.1) is 18.2 Å². The van der Waals surface area contributed by atoms with E-state index in [0.29, 0.717) is 12.6 Å². The molecule has 0 aliphatic rings. The van der Waals surface area contributed by atoms with Gasteiger partial charge in [-0.3, -0.25) is 0 Å². The van der Waals surface area contributed by atoms with Gasteiger partial charge in [0.15, 0.2) is 5.75 Å². The molecule has 0 aliphatic heterocycles. The Morgan fingerprint density at radius 2 is 2.29 bits per heavy atom. The van der Waals surface area contributed by atoms with Crippen LogP contribution in [0.1, 0.15) is 25.6 Å². The minimum Gasteiger partial charge on any atom is -0.484 e. The Kier molecular flexibility index (Phi) is 3.78. The van der Waals surface area contributed by atoms with Crippen LogP contribution in [0.5, 0.6) is 5.75 Å². The van der Waals surface area contributed by atoms with Gasteiger partial charge >= 0.3 is 0 Å². The molecule has 0 saturated carbocycles. The Hall–Kier alpha value is -1.36. The first kappa shape index (κ1) is 12.1. The van der Waals surface area contributed by atoms with E-state index >= 15 is 0 Å². The van der Waals surface area contributed by atoms with Crippen LogP contribution < -0.4 is 4.74 Å². The van der Waals surface area contributed by atoms with Gasteiger partial charge in [-0.2, -0.15) is 0 Å². The first-order chi connectivity index (χ1) is 8.18. The highest BCUT2D eigenvalue weighted by atomic mass is 79.9. The molecular formula is C12H14BrN3O. The van der Waals surface area contributed by atoms with Crippen LogP contribution in [0.2, 0.25) is 0 Å². The minimum absolute atomic E-state index is 0.383. The molecule has 0 unspecified atom stereocenters. The molecule has 17 heavy (non-hydrogen) atoms. The number of pyridine rings is 1. The van der Waals surface area contributed by atoms with Crippen molar-refractivity contribution in [3.8, 4) is 5.75 Å². The molecule has 4 nitrogen and oxygen atoms in total. The lowest BCUT2D eigenvalue weighted by molar-refractivity contribution is 0.289. The highest BCUT2D eigenvalue weighted by Gasteiger charge is 2.07. The fraction of sp³-hybridized carbons (Fsp3) is 0.333. The van der Waals surface area contributed by atoms with Crippen LogP contribution in [0.25, 0.3) is 0 Å². The third-order valence-electron chi connectivity index (χ3n) is 2.40. The van der Waals surface area contributed by atoms with Gasteiger partial charge in [0.1, 0.15) is 11.2 Å². The van der Waals surface area contributed by atoms with Crippen molar-refractivity contribution >= 4 is 15.9 Å². The molecule has 2 rings (SSSR count). The van der Waals surface area contributed by atoms with E-state index in [-0.39, 0.29) is 0 Å². The summed E-state index contributed by atoms with van der Waals surface area (Å²) in [6.45, 7) is 4.72. The molecule has 5 heteroatoms. The predicted octanol–water partition coefficient (Wildman–Crippen LogP) is 3.20. The normalized spacial score (nSPS) is 10.8. The summed E-state index contributed by atoms with van der Waals surface area (Å²) in [6, 6.07) is 4.11. The van der Waals surface area contributed by atoms with Gasteiger partial charge in [0.25, 0.3) is 0 Å². The molecule has 0 spiro atoms. The van der Waals surface area contributed by atoms with Crippen LogP contribution in [-0.4, -0.2) is 14.5 Å². The van der Waals surface area contributed by atoms with Gasteiger partial charge in [0.2, 0.25) is 0 Å². The van der Waals surface area contributed by atoms with E-state index in [9.17, 15) is 0 Å². The molecule has 0 N–H and O–H groups in total. The zero-order valence-corrected chi connectivity index (χ0v) is 11.4. The molecule has 2 aromatic rings. The zero-order valence-electron chi connectivity index (χ0n) is 9.80. The van der Waals surface area contributed by atoms with Gasteiger partial charge in [0, 0.05) is 12.2 Å². The van der Waals surface area contributed by atoms with E-state index in [0.717, 1.165) is 16.0 Å². The van der Waals surface area contributed by atoms with Crippen molar-refractivity contribution in [2.75, 3.05) is 0 Å². The Labute approximate surface area is 109 Å². The summed E-state index contributed by atoms with van der Waals surface area (Å²) in [5, 5.41) is 0. The third kappa shape index (κ3) is 2.85. The Morgan fingerprint density at radius 3 is 3.00 bits per heavy atom. The number of aromatic nitrogens is 3. The Morgan fingerprint density at radius 1 is 1.47 bits per heavy atom.